The van der Waals surface area contributed by atoms with E-state index in [1.165, 1.54) is 12.8 Å². The molecule has 2 atom stereocenters. The summed E-state index contributed by atoms with van der Waals surface area (Å²) in [7, 11) is 0. The lowest BCUT2D eigenvalue weighted by atomic mass is 9.92. The molecule has 2 unspecified atom stereocenters. The van der Waals surface area contributed by atoms with Crippen LogP contribution in [0, 0.1) is 11.8 Å². The van der Waals surface area contributed by atoms with Crippen LogP contribution in [-0.2, 0) is 0 Å². The number of aliphatic hydroxyl groups is 1. The summed E-state index contributed by atoms with van der Waals surface area (Å²) in [5.41, 5.74) is 0. The largest absolute Gasteiger partial charge is 0.396 e. The molecule has 0 aromatic heterocycles. The second-order valence-electron chi connectivity index (χ2n) is 4.31. The lowest BCUT2D eigenvalue weighted by Gasteiger charge is -2.16. The van der Waals surface area contributed by atoms with Crippen molar-refractivity contribution in [3.8, 4) is 0 Å². The van der Waals surface area contributed by atoms with Crippen LogP contribution in [0.15, 0.2) is 24.3 Å². The maximum absolute atomic E-state index is 9.24. The number of aliphatic hydroxyl groups excluding tert-OH is 1. The average molecular weight is 210 g/mol. The van der Waals surface area contributed by atoms with E-state index in [-0.39, 0.29) is 0 Å². The monoisotopic (exact) mass is 210 g/mol. The molecule has 88 valence electrons. The summed E-state index contributed by atoms with van der Waals surface area (Å²) in [6, 6.07) is 0. The Labute approximate surface area is 94.9 Å². The molecule has 0 amide bonds. The van der Waals surface area contributed by atoms with Crippen LogP contribution < -0.4 is 0 Å². The molecule has 0 aliphatic heterocycles. The quantitative estimate of drug-likeness (QED) is 0.602. The molecule has 0 aromatic rings. The molecule has 1 nitrogen and oxygen atoms in total. The highest BCUT2D eigenvalue weighted by atomic mass is 16.3. The number of unbranched alkanes of at least 4 members (excludes halogenated alkanes) is 1. The fourth-order valence-corrected chi connectivity index (χ4v) is 1.75. The summed E-state index contributed by atoms with van der Waals surface area (Å²) < 4.78 is 0. The van der Waals surface area contributed by atoms with Gasteiger partial charge in [0.05, 0.1) is 0 Å². The van der Waals surface area contributed by atoms with Gasteiger partial charge in [-0.2, -0.15) is 0 Å². The maximum Gasteiger partial charge on any atom is 0.0459 e. The van der Waals surface area contributed by atoms with Crippen molar-refractivity contribution >= 4 is 0 Å². The van der Waals surface area contributed by atoms with Gasteiger partial charge in [0.1, 0.15) is 0 Å². The van der Waals surface area contributed by atoms with Crippen molar-refractivity contribution in [1.82, 2.24) is 0 Å². The van der Waals surface area contributed by atoms with Crippen molar-refractivity contribution in [2.45, 2.75) is 46.5 Å². The molecule has 0 saturated carbocycles. The highest BCUT2D eigenvalue weighted by Gasteiger charge is 2.09. The highest BCUT2D eigenvalue weighted by molar-refractivity contribution is 5.02. The molecule has 0 saturated heterocycles. The van der Waals surface area contributed by atoms with Gasteiger partial charge in [0.15, 0.2) is 0 Å². The first-order chi connectivity index (χ1) is 7.24. The predicted molar refractivity (Wildman–Crippen MR) is 67.8 cm³/mol. The standard InChI is InChI=1S/C14H26O/c1-4-6-8-9-13(3)11-14(12-15)10-7-5-2/h4,6,8-9,13-15H,5,7,10-12H2,1-3H3/b6-4-,9-8+. The van der Waals surface area contributed by atoms with Crippen molar-refractivity contribution in [3.63, 3.8) is 0 Å². The predicted octanol–water partition coefficient (Wildman–Crippen LogP) is 3.94. The van der Waals surface area contributed by atoms with Crippen molar-refractivity contribution in [2.75, 3.05) is 6.61 Å². The van der Waals surface area contributed by atoms with Crippen LogP contribution in [0.5, 0.6) is 0 Å². The first kappa shape index (κ1) is 14.4. The van der Waals surface area contributed by atoms with E-state index in [1.54, 1.807) is 0 Å². The van der Waals surface area contributed by atoms with Gasteiger partial charge in [0.25, 0.3) is 0 Å². The normalized spacial score (nSPS) is 16.3. The lowest BCUT2D eigenvalue weighted by Crippen LogP contribution is -2.09. The summed E-state index contributed by atoms with van der Waals surface area (Å²) in [5.74, 6) is 1.05. The van der Waals surface area contributed by atoms with Crippen molar-refractivity contribution in [1.29, 1.82) is 0 Å². The van der Waals surface area contributed by atoms with Gasteiger partial charge < -0.3 is 5.11 Å². The van der Waals surface area contributed by atoms with E-state index in [1.807, 2.05) is 13.0 Å². The Morgan fingerprint density at radius 2 is 2.00 bits per heavy atom. The van der Waals surface area contributed by atoms with Gasteiger partial charge in [-0.1, -0.05) is 51.0 Å². The molecule has 0 bridgehead atoms. The second-order valence-corrected chi connectivity index (χ2v) is 4.31. The number of hydrogen-bond acceptors (Lipinski definition) is 1. The van der Waals surface area contributed by atoms with Gasteiger partial charge >= 0.3 is 0 Å². The lowest BCUT2D eigenvalue weighted by molar-refractivity contribution is 0.199. The molecule has 0 fully saturated rings. The molecule has 0 rings (SSSR count). The fourth-order valence-electron chi connectivity index (χ4n) is 1.75. The van der Waals surface area contributed by atoms with Gasteiger partial charge in [0, 0.05) is 6.61 Å². The Balaban J connectivity index is 3.83. The summed E-state index contributed by atoms with van der Waals surface area (Å²) >= 11 is 0. The number of rotatable bonds is 8. The maximum atomic E-state index is 9.24. The first-order valence-electron chi connectivity index (χ1n) is 6.14. The van der Waals surface area contributed by atoms with Crippen molar-refractivity contribution < 1.29 is 5.11 Å². The third kappa shape index (κ3) is 8.44. The molecule has 0 radical (unpaired) electrons. The molecule has 1 N–H and O–H groups in total. The van der Waals surface area contributed by atoms with Crippen LogP contribution in [0.4, 0.5) is 0 Å². The summed E-state index contributed by atoms with van der Waals surface area (Å²) in [5, 5.41) is 9.24. The Kier molecular flexibility index (Phi) is 9.60. The Hall–Kier alpha value is -0.560. The van der Waals surface area contributed by atoms with E-state index in [9.17, 15) is 5.11 Å². The van der Waals surface area contributed by atoms with E-state index in [2.05, 4.69) is 32.1 Å². The minimum absolute atomic E-state index is 0.335. The first-order valence-corrected chi connectivity index (χ1v) is 6.14. The van der Waals surface area contributed by atoms with Crippen molar-refractivity contribution in [2.24, 2.45) is 11.8 Å². The van der Waals surface area contributed by atoms with Gasteiger partial charge in [0.2, 0.25) is 0 Å². The Morgan fingerprint density at radius 1 is 1.27 bits per heavy atom. The third-order valence-corrected chi connectivity index (χ3v) is 2.67. The molecular weight excluding hydrogens is 184 g/mol. The van der Waals surface area contributed by atoms with Crippen LogP contribution in [0.2, 0.25) is 0 Å². The second kappa shape index (κ2) is 9.97. The molecule has 0 heterocycles. The number of allylic oxidation sites excluding steroid dienone is 4. The van der Waals surface area contributed by atoms with Crippen LogP contribution in [0.3, 0.4) is 0 Å². The molecule has 0 aliphatic rings. The van der Waals surface area contributed by atoms with E-state index >= 15 is 0 Å². The zero-order valence-corrected chi connectivity index (χ0v) is 10.4. The average Bonchev–Trinajstić information content (AvgIpc) is 2.24. The summed E-state index contributed by atoms with van der Waals surface area (Å²) in [6.45, 7) is 6.77. The molecule has 15 heavy (non-hydrogen) atoms. The smallest absolute Gasteiger partial charge is 0.0459 e. The zero-order chi connectivity index (χ0) is 11.5. The molecule has 1 heteroatoms. The number of hydrogen-bond donors (Lipinski definition) is 1. The SMILES string of the molecule is C/C=C\C=C\C(C)CC(CO)CCCC. The van der Waals surface area contributed by atoms with Gasteiger partial charge in [-0.15, -0.1) is 0 Å². The summed E-state index contributed by atoms with van der Waals surface area (Å²) in [4.78, 5) is 0. The van der Waals surface area contributed by atoms with Crippen molar-refractivity contribution in [3.05, 3.63) is 24.3 Å². The van der Waals surface area contributed by atoms with Gasteiger partial charge in [-0.05, 0) is 31.6 Å². The van der Waals surface area contributed by atoms with Gasteiger partial charge in [-0.3, -0.25) is 0 Å². The van der Waals surface area contributed by atoms with Crippen LogP contribution in [0.1, 0.15) is 46.5 Å². The topological polar surface area (TPSA) is 20.2 Å². The third-order valence-electron chi connectivity index (χ3n) is 2.67. The molecule has 0 aliphatic carbocycles. The van der Waals surface area contributed by atoms with Crippen LogP contribution in [-0.4, -0.2) is 11.7 Å². The van der Waals surface area contributed by atoms with Crippen LogP contribution in [0.25, 0.3) is 0 Å². The zero-order valence-electron chi connectivity index (χ0n) is 10.4. The summed E-state index contributed by atoms with van der Waals surface area (Å²) in [6.07, 6.45) is 13.1. The van der Waals surface area contributed by atoms with E-state index < -0.39 is 0 Å². The highest BCUT2D eigenvalue weighted by Crippen LogP contribution is 2.18. The van der Waals surface area contributed by atoms with Gasteiger partial charge in [-0.25, -0.2) is 0 Å². The molecular formula is C14H26O. The molecule has 0 aromatic carbocycles. The minimum Gasteiger partial charge on any atom is -0.396 e. The minimum atomic E-state index is 0.335. The van der Waals surface area contributed by atoms with E-state index in [4.69, 9.17) is 0 Å². The Morgan fingerprint density at radius 3 is 2.53 bits per heavy atom. The molecule has 0 spiro atoms. The van der Waals surface area contributed by atoms with E-state index in [0.29, 0.717) is 18.4 Å². The van der Waals surface area contributed by atoms with Crippen LogP contribution >= 0.6 is 0 Å². The fraction of sp³-hybridized carbons (Fsp3) is 0.714. The Bertz CT molecular complexity index is 182. The van der Waals surface area contributed by atoms with E-state index in [0.717, 1.165) is 12.8 Å².